The summed E-state index contributed by atoms with van der Waals surface area (Å²) in [7, 11) is 0. The van der Waals surface area contributed by atoms with E-state index in [0.717, 1.165) is 17.2 Å². The highest BCUT2D eigenvalue weighted by Gasteiger charge is 1.95. The fraction of sp³-hybridized carbons (Fsp3) is 0. The maximum absolute atomic E-state index is 10.3. The lowest BCUT2D eigenvalue weighted by atomic mass is 10.3. The number of aromatic amines is 1. The number of rotatable bonds is 1. The third-order valence-electron chi connectivity index (χ3n) is 1.56. The van der Waals surface area contributed by atoms with Gasteiger partial charge in [-0.3, -0.25) is 4.79 Å². The van der Waals surface area contributed by atoms with E-state index in [9.17, 15) is 4.79 Å². The maximum Gasteiger partial charge on any atom is 0.168 e. The molecule has 0 saturated carbocycles. The number of carbonyl (C=O) groups is 1. The Morgan fingerprint density at radius 3 is 3.09 bits per heavy atom. The van der Waals surface area contributed by atoms with Crippen LogP contribution in [0.4, 0.5) is 0 Å². The molecule has 2 aromatic heterocycles. The molecule has 0 unspecified atom stereocenters. The molecule has 2 heterocycles. The Morgan fingerprint density at radius 1 is 1.36 bits per heavy atom. The zero-order chi connectivity index (χ0) is 7.68. The molecule has 0 saturated heterocycles. The fourth-order valence-corrected chi connectivity index (χ4v) is 1.02. The van der Waals surface area contributed by atoms with Gasteiger partial charge in [0.1, 0.15) is 5.69 Å². The van der Waals surface area contributed by atoms with Crippen LogP contribution in [-0.4, -0.2) is 16.3 Å². The second kappa shape index (κ2) is 2.20. The van der Waals surface area contributed by atoms with Gasteiger partial charge >= 0.3 is 0 Å². The van der Waals surface area contributed by atoms with Crippen molar-refractivity contribution in [1.29, 1.82) is 0 Å². The van der Waals surface area contributed by atoms with E-state index in [1.807, 2.05) is 12.3 Å². The van der Waals surface area contributed by atoms with Crippen molar-refractivity contribution < 1.29 is 4.79 Å². The van der Waals surface area contributed by atoms with Crippen molar-refractivity contribution in [2.45, 2.75) is 0 Å². The van der Waals surface area contributed by atoms with Crippen LogP contribution < -0.4 is 0 Å². The molecular formula is C8H6N2O. The molecule has 0 spiro atoms. The normalized spacial score (nSPS) is 10.2. The van der Waals surface area contributed by atoms with Crippen LogP contribution in [0.1, 0.15) is 10.5 Å². The third-order valence-corrected chi connectivity index (χ3v) is 1.56. The first kappa shape index (κ1) is 6.09. The number of pyridine rings is 1. The van der Waals surface area contributed by atoms with Crippen molar-refractivity contribution in [2.24, 2.45) is 0 Å². The summed E-state index contributed by atoms with van der Waals surface area (Å²) in [5, 5.41) is 1.02. The first-order chi connectivity index (χ1) is 5.40. The van der Waals surface area contributed by atoms with Crippen LogP contribution >= 0.6 is 0 Å². The number of aldehydes is 1. The van der Waals surface area contributed by atoms with Crippen LogP contribution in [0.5, 0.6) is 0 Å². The Bertz CT molecular complexity index is 392. The zero-order valence-corrected chi connectivity index (χ0v) is 5.74. The summed E-state index contributed by atoms with van der Waals surface area (Å²) in [6, 6.07) is 3.56. The van der Waals surface area contributed by atoms with Gasteiger partial charge in [0.25, 0.3) is 0 Å². The van der Waals surface area contributed by atoms with Gasteiger partial charge < -0.3 is 4.98 Å². The van der Waals surface area contributed by atoms with Crippen molar-refractivity contribution in [1.82, 2.24) is 9.97 Å². The Labute approximate surface area is 63.1 Å². The predicted molar refractivity (Wildman–Crippen MR) is 41.5 cm³/mol. The quantitative estimate of drug-likeness (QED) is 0.617. The van der Waals surface area contributed by atoms with Gasteiger partial charge in [0.05, 0.1) is 5.52 Å². The number of aromatic nitrogens is 2. The van der Waals surface area contributed by atoms with Crippen molar-refractivity contribution in [3.8, 4) is 0 Å². The summed E-state index contributed by atoms with van der Waals surface area (Å²) < 4.78 is 0. The molecule has 3 heteroatoms. The summed E-state index contributed by atoms with van der Waals surface area (Å²) in [5.41, 5.74) is 1.30. The van der Waals surface area contributed by atoms with Gasteiger partial charge in [0.15, 0.2) is 6.29 Å². The van der Waals surface area contributed by atoms with Crippen LogP contribution in [0.15, 0.2) is 24.5 Å². The fourth-order valence-electron chi connectivity index (χ4n) is 1.02. The van der Waals surface area contributed by atoms with Crippen molar-refractivity contribution in [3.63, 3.8) is 0 Å². The molecule has 0 aromatic carbocycles. The van der Waals surface area contributed by atoms with E-state index in [1.165, 1.54) is 0 Å². The summed E-state index contributed by atoms with van der Waals surface area (Å²) >= 11 is 0. The minimum absolute atomic E-state index is 0.470. The van der Waals surface area contributed by atoms with E-state index in [2.05, 4.69) is 9.97 Å². The van der Waals surface area contributed by atoms with Crippen LogP contribution in [0.3, 0.4) is 0 Å². The van der Waals surface area contributed by atoms with Crippen molar-refractivity contribution in [2.75, 3.05) is 0 Å². The molecule has 0 amide bonds. The number of hydrogen-bond acceptors (Lipinski definition) is 2. The second-order valence-corrected chi connectivity index (χ2v) is 2.28. The Hall–Kier alpha value is -1.64. The lowest BCUT2D eigenvalue weighted by molar-refractivity contribution is 0.111. The minimum Gasteiger partial charge on any atom is -0.365 e. The van der Waals surface area contributed by atoms with Gasteiger partial charge in [0, 0.05) is 17.8 Å². The van der Waals surface area contributed by atoms with E-state index in [0.29, 0.717) is 5.69 Å². The molecule has 0 fully saturated rings. The highest BCUT2D eigenvalue weighted by molar-refractivity contribution is 5.82. The Balaban J connectivity index is 2.76. The summed E-state index contributed by atoms with van der Waals surface area (Å²) in [6.07, 6.45) is 4.35. The monoisotopic (exact) mass is 146 g/mol. The molecular weight excluding hydrogens is 140 g/mol. The second-order valence-electron chi connectivity index (χ2n) is 2.28. The summed E-state index contributed by atoms with van der Waals surface area (Å²) in [5.74, 6) is 0. The average molecular weight is 146 g/mol. The molecule has 0 radical (unpaired) electrons. The zero-order valence-electron chi connectivity index (χ0n) is 5.74. The largest absolute Gasteiger partial charge is 0.365 e. The summed E-state index contributed by atoms with van der Waals surface area (Å²) in [6.45, 7) is 0. The number of nitrogens with one attached hydrogen (secondary N) is 1. The van der Waals surface area contributed by atoms with Crippen LogP contribution in [0.2, 0.25) is 0 Å². The predicted octanol–water partition coefficient (Wildman–Crippen LogP) is 1.38. The molecule has 2 aromatic rings. The van der Waals surface area contributed by atoms with Crippen LogP contribution in [0.25, 0.3) is 10.9 Å². The molecule has 0 atom stereocenters. The highest BCUT2D eigenvalue weighted by Crippen LogP contribution is 2.09. The first-order valence-corrected chi connectivity index (χ1v) is 3.29. The molecule has 11 heavy (non-hydrogen) atoms. The SMILES string of the molecule is O=Cc1ccc2c[nH]cc2n1. The van der Waals surface area contributed by atoms with E-state index >= 15 is 0 Å². The van der Waals surface area contributed by atoms with Crippen LogP contribution in [-0.2, 0) is 0 Å². The minimum atomic E-state index is 0.470. The van der Waals surface area contributed by atoms with E-state index in [4.69, 9.17) is 0 Å². The Kier molecular flexibility index (Phi) is 1.22. The number of H-pyrrole nitrogens is 1. The van der Waals surface area contributed by atoms with Gasteiger partial charge in [0.2, 0.25) is 0 Å². The first-order valence-electron chi connectivity index (χ1n) is 3.29. The molecule has 1 N–H and O–H groups in total. The lowest BCUT2D eigenvalue weighted by Gasteiger charge is -1.88. The number of fused-ring (bicyclic) bond motifs is 1. The molecule has 0 bridgehead atoms. The van der Waals surface area contributed by atoms with E-state index in [-0.39, 0.29) is 0 Å². The standard InChI is InChI=1S/C8H6N2O/c11-5-7-2-1-6-3-9-4-8(6)10-7/h1-5,9H. The average Bonchev–Trinajstić information content (AvgIpc) is 2.50. The number of carbonyl (C=O) groups excluding carboxylic acids is 1. The molecule has 54 valence electrons. The van der Waals surface area contributed by atoms with Gasteiger partial charge in [-0.25, -0.2) is 4.98 Å². The van der Waals surface area contributed by atoms with Gasteiger partial charge in [-0.15, -0.1) is 0 Å². The molecule has 0 aliphatic heterocycles. The lowest BCUT2D eigenvalue weighted by Crippen LogP contribution is -1.83. The Morgan fingerprint density at radius 2 is 2.27 bits per heavy atom. The van der Waals surface area contributed by atoms with Gasteiger partial charge in [-0.05, 0) is 12.1 Å². The molecule has 3 nitrogen and oxygen atoms in total. The molecule has 0 aliphatic rings. The highest BCUT2D eigenvalue weighted by atomic mass is 16.1. The van der Waals surface area contributed by atoms with Crippen LogP contribution in [0, 0.1) is 0 Å². The number of hydrogen-bond donors (Lipinski definition) is 1. The maximum atomic E-state index is 10.3. The number of nitrogens with zero attached hydrogens (tertiary/aromatic N) is 1. The topological polar surface area (TPSA) is 45.8 Å². The third kappa shape index (κ3) is 0.902. The van der Waals surface area contributed by atoms with Gasteiger partial charge in [-0.1, -0.05) is 0 Å². The van der Waals surface area contributed by atoms with E-state index < -0.39 is 0 Å². The van der Waals surface area contributed by atoms with E-state index in [1.54, 1.807) is 12.3 Å². The van der Waals surface area contributed by atoms with Crippen molar-refractivity contribution >= 4 is 17.2 Å². The molecule has 0 aliphatic carbocycles. The summed E-state index contributed by atoms with van der Waals surface area (Å²) in [4.78, 5) is 17.3. The smallest absolute Gasteiger partial charge is 0.168 e. The van der Waals surface area contributed by atoms with Crippen molar-refractivity contribution in [3.05, 3.63) is 30.2 Å². The van der Waals surface area contributed by atoms with Gasteiger partial charge in [-0.2, -0.15) is 0 Å². The molecule has 2 rings (SSSR count).